The van der Waals surface area contributed by atoms with Crippen LogP contribution in [0.2, 0.25) is 0 Å². The number of ether oxygens (including phenoxy) is 1. The van der Waals surface area contributed by atoms with Crippen LogP contribution in [0.5, 0.6) is 0 Å². The van der Waals surface area contributed by atoms with Gasteiger partial charge in [0.25, 0.3) is 0 Å². The summed E-state index contributed by atoms with van der Waals surface area (Å²) in [5.41, 5.74) is 0. The molecule has 0 aliphatic heterocycles. The number of rotatable bonds is 40. The molecule has 0 radical (unpaired) electrons. The van der Waals surface area contributed by atoms with Crippen molar-refractivity contribution in [3.8, 4) is 0 Å². The van der Waals surface area contributed by atoms with Crippen LogP contribution in [0.4, 0.5) is 0 Å². The highest BCUT2D eigenvalue weighted by Gasteiger charge is 2.36. The monoisotopic (exact) mass is 764 g/mol. The molecule has 0 aliphatic rings. The molecule has 10 heteroatoms. The summed E-state index contributed by atoms with van der Waals surface area (Å²) in [6, 6.07) is 0. The molecule has 0 amide bonds. The molecule has 0 rings (SSSR count). The molecule has 0 aromatic rings. The molecule has 312 valence electrons. The van der Waals surface area contributed by atoms with Crippen molar-refractivity contribution in [2.24, 2.45) is 0 Å². The second-order valence-corrected chi connectivity index (χ2v) is 17.4. The fraction of sp³-hybridized carbons (Fsp3) is 0.976. The summed E-state index contributed by atoms with van der Waals surface area (Å²) in [7, 11) is -4.17. The van der Waals surface area contributed by atoms with Crippen LogP contribution in [0.1, 0.15) is 219 Å². The standard InChI is InChI=1S/C42H85O9P/c1-4-6-8-10-12-14-16-18-20-22-24-26-28-30-32-34-37(35-33-31-29-27-25-23-21-19-17-15-13-11-9-7-5-2)51-42(47)41(46)40(45)39(44)38(43)36-50-52(3,48)49/h37-41,43-46H,4-36H2,1-3H3,(H,48,49)/p-1. The third kappa shape index (κ3) is 32.9. The summed E-state index contributed by atoms with van der Waals surface area (Å²) in [5.74, 6) is -1.06. The molecule has 0 aromatic heterocycles. The number of esters is 1. The average molecular weight is 764 g/mol. The van der Waals surface area contributed by atoms with Crippen LogP contribution < -0.4 is 4.89 Å². The molecule has 9 nitrogen and oxygen atoms in total. The summed E-state index contributed by atoms with van der Waals surface area (Å²) < 4.78 is 21.4. The molecule has 0 saturated carbocycles. The molecule has 0 heterocycles. The normalized spacial score (nSPS) is 15.4. The summed E-state index contributed by atoms with van der Waals surface area (Å²) in [4.78, 5) is 24.0. The first-order valence-corrected chi connectivity index (χ1v) is 23.9. The fourth-order valence-corrected chi connectivity index (χ4v) is 7.27. The largest absolute Gasteiger partial charge is 0.779 e. The van der Waals surface area contributed by atoms with Crippen LogP contribution in [0.15, 0.2) is 0 Å². The number of aliphatic hydroxyl groups excluding tert-OH is 4. The maximum atomic E-state index is 12.8. The molecule has 0 bridgehead atoms. The Morgan fingerprint density at radius 3 is 1.10 bits per heavy atom. The van der Waals surface area contributed by atoms with Gasteiger partial charge in [-0.15, -0.1) is 0 Å². The molecule has 0 saturated heterocycles. The lowest BCUT2D eigenvalue weighted by Gasteiger charge is -2.28. The fourth-order valence-electron chi connectivity index (χ4n) is 6.85. The number of aliphatic hydroxyl groups is 4. The second kappa shape index (κ2) is 36.1. The van der Waals surface area contributed by atoms with Gasteiger partial charge in [-0.2, -0.15) is 0 Å². The highest BCUT2D eigenvalue weighted by atomic mass is 31.2. The molecule has 0 aromatic carbocycles. The summed E-state index contributed by atoms with van der Waals surface area (Å²) >= 11 is 0. The van der Waals surface area contributed by atoms with Crippen molar-refractivity contribution in [2.75, 3.05) is 13.3 Å². The van der Waals surface area contributed by atoms with E-state index in [0.29, 0.717) is 12.8 Å². The van der Waals surface area contributed by atoms with E-state index in [4.69, 9.17) is 4.74 Å². The van der Waals surface area contributed by atoms with Crippen molar-refractivity contribution in [1.82, 2.24) is 0 Å². The van der Waals surface area contributed by atoms with Crippen LogP contribution in [-0.4, -0.2) is 70.2 Å². The summed E-state index contributed by atoms with van der Waals surface area (Å²) in [6.07, 6.45) is 31.0. The Bertz CT molecular complexity index is 789. The lowest BCUT2D eigenvalue weighted by atomic mass is 10.00. The molecule has 4 N–H and O–H groups in total. The second-order valence-electron chi connectivity index (χ2n) is 15.6. The first kappa shape index (κ1) is 51.5. The van der Waals surface area contributed by atoms with Gasteiger partial charge in [0.2, 0.25) is 0 Å². The molecule has 0 fully saturated rings. The third-order valence-corrected chi connectivity index (χ3v) is 10.9. The number of hydrogen-bond acceptors (Lipinski definition) is 9. The zero-order valence-corrected chi connectivity index (χ0v) is 34.9. The Hall–Kier alpha value is -0.540. The smallest absolute Gasteiger partial charge is 0.338 e. The zero-order chi connectivity index (χ0) is 38.7. The van der Waals surface area contributed by atoms with Gasteiger partial charge in [-0.25, -0.2) is 4.79 Å². The topological polar surface area (TPSA) is 157 Å². The van der Waals surface area contributed by atoms with E-state index < -0.39 is 50.7 Å². The average Bonchev–Trinajstić information content (AvgIpc) is 3.12. The van der Waals surface area contributed by atoms with Crippen molar-refractivity contribution in [2.45, 2.75) is 250 Å². The zero-order valence-electron chi connectivity index (χ0n) is 34.0. The highest BCUT2D eigenvalue weighted by Crippen LogP contribution is 2.31. The van der Waals surface area contributed by atoms with E-state index in [1.165, 1.54) is 154 Å². The highest BCUT2D eigenvalue weighted by molar-refractivity contribution is 7.50. The van der Waals surface area contributed by atoms with Gasteiger partial charge in [0.05, 0.1) is 6.61 Å². The number of carbonyl (C=O) groups excluding carboxylic acids is 1. The maximum absolute atomic E-state index is 12.8. The first-order chi connectivity index (χ1) is 25.0. The van der Waals surface area contributed by atoms with E-state index in [0.717, 1.165) is 45.2 Å². The number of hydrogen-bond donors (Lipinski definition) is 4. The summed E-state index contributed by atoms with van der Waals surface area (Å²) in [5, 5.41) is 41.0. The number of unbranched alkanes of at least 4 members (excludes halogenated alkanes) is 28. The Morgan fingerprint density at radius 2 is 0.808 bits per heavy atom. The van der Waals surface area contributed by atoms with E-state index >= 15 is 0 Å². The van der Waals surface area contributed by atoms with E-state index in [-0.39, 0.29) is 0 Å². The third-order valence-electron chi connectivity index (χ3n) is 10.3. The lowest BCUT2D eigenvalue weighted by molar-refractivity contribution is -0.201. The molecule has 52 heavy (non-hydrogen) atoms. The Morgan fingerprint density at radius 1 is 0.519 bits per heavy atom. The lowest BCUT2D eigenvalue weighted by Crippen LogP contribution is -2.49. The van der Waals surface area contributed by atoms with Gasteiger partial charge in [-0.05, 0) is 25.7 Å². The quantitative estimate of drug-likeness (QED) is 0.0271. The predicted molar refractivity (Wildman–Crippen MR) is 212 cm³/mol. The van der Waals surface area contributed by atoms with E-state index in [2.05, 4.69) is 18.4 Å². The molecular weight excluding hydrogens is 679 g/mol. The van der Waals surface area contributed by atoms with Crippen molar-refractivity contribution < 1.29 is 43.9 Å². The van der Waals surface area contributed by atoms with E-state index in [1.54, 1.807) is 0 Å². The molecule has 0 spiro atoms. The van der Waals surface area contributed by atoms with Crippen LogP contribution >= 0.6 is 7.60 Å². The van der Waals surface area contributed by atoms with Gasteiger partial charge in [0.1, 0.15) is 32.0 Å². The molecule has 5 unspecified atom stereocenters. The maximum Gasteiger partial charge on any atom is 0.338 e. The Kier molecular flexibility index (Phi) is 35.7. The van der Waals surface area contributed by atoms with E-state index in [1.807, 2.05) is 0 Å². The molecule has 5 atom stereocenters. The minimum atomic E-state index is -4.17. The minimum Gasteiger partial charge on any atom is -0.779 e. The van der Waals surface area contributed by atoms with Crippen molar-refractivity contribution in [3.63, 3.8) is 0 Å². The van der Waals surface area contributed by atoms with E-state index in [9.17, 15) is 34.7 Å². The van der Waals surface area contributed by atoms with Gasteiger partial charge in [0, 0.05) is 6.66 Å². The van der Waals surface area contributed by atoms with Gasteiger partial charge < -0.3 is 39.1 Å². The SMILES string of the molecule is CCCCCCCCCCCCCCCCCC(CCCCCCCCCCCCCCCCC)OC(=O)C(O)C(O)C(O)C(O)COP(C)(=O)[O-]. The molecular formula is C42H84O9P-. The van der Waals surface area contributed by atoms with Crippen molar-refractivity contribution in [1.29, 1.82) is 0 Å². The van der Waals surface area contributed by atoms with Gasteiger partial charge in [0.15, 0.2) is 6.10 Å². The van der Waals surface area contributed by atoms with Gasteiger partial charge >= 0.3 is 5.97 Å². The van der Waals surface area contributed by atoms with Crippen LogP contribution in [0.3, 0.4) is 0 Å². The van der Waals surface area contributed by atoms with Gasteiger partial charge in [-0.3, -0.25) is 0 Å². The van der Waals surface area contributed by atoms with Crippen LogP contribution in [0.25, 0.3) is 0 Å². The van der Waals surface area contributed by atoms with Crippen molar-refractivity contribution >= 4 is 13.6 Å². The van der Waals surface area contributed by atoms with Crippen LogP contribution in [-0.2, 0) is 18.6 Å². The molecule has 0 aliphatic carbocycles. The Balaban J connectivity index is 4.48. The first-order valence-electron chi connectivity index (χ1n) is 21.9. The predicted octanol–water partition coefficient (Wildman–Crippen LogP) is 10.1. The number of carbonyl (C=O) groups is 1. The minimum absolute atomic E-state index is 0.407. The van der Waals surface area contributed by atoms with Crippen molar-refractivity contribution in [3.05, 3.63) is 0 Å². The Labute approximate surface area is 320 Å². The summed E-state index contributed by atoms with van der Waals surface area (Å²) in [6.45, 7) is 4.52. The van der Waals surface area contributed by atoms with Crippen LogP contribution in [0, 0.1) is 0 Å². The van der Waals surface area contributed by atoms with Gasteiger partial charge in [-0.1, -0.05) is 194 Å².